The Hall–Kier alpha value is -8.62. The molecule has 16 nitrogen and oxygen atoms in total. The molecule has 2 aliphatic heterocycles. The van der Waals surface area contributed by atoms with Crippen molar-refractivity contribution < 1.29 is 36.6 Å². The van der Waals surface area contributed by atoms with Gasteiger partial charge in [0.2, 0.25) is 0 Å². The number of anilines is 6. The highest BCUT2D eigenvalue weighted by Crippen LogP contribution is 2.35. The number of benzene rings is 6. The van der Waals surface area contributed by atoms with Gasteiger partial charge in [-0.15, -0.1) is 0 Å². The number of alkyl halides is 3. The number of piperazine rings is 2. The summed E-state index contributed by atoms with van der Waals surface area (Å²) in [7, 11) is 0. The van der Waals surface area contributed by atoms with Crippen molar-refractivity contribution in [2.24, 2.45) is 0 Å². The Morgan fingerprint density at radius 3 is 1.54 bits per heavy atom. The highest BCUT2D eigenvalue weighted by molar-refractivity contribution is 6.13. The topological polar surface area (TPSA) is 165 Å². The lowest BCUT2D eigenvalue weighted by molar-refractivity contribution is -0.137. The minimum atomic E-state index is -4.73. The van der Waals surface area contributed by atoms with E-state index < -0.39 is 29.6 Å². The summed E-state index contributed by atoms with van der Waals surface area (Å²) in [6.07, 6.45) is -1.25. The zero-order chi connectivity index (χ0) is 48.9. The molecule has 8 aromatic rings. The molecule has 360 valence electrons. The summed E-state index contributed by atoms with van der Waals surface area (Å²) in [6.45, 7) is 6.45. The van der Waals surface area contributed by atoms with E-state index in [2.05, 4.69) is 41.0 Å². The monoisotopic (exact) mass is 964 g/mol. The summed E-state index contributed by atoms with van der Waals surface area (Å²) in [5.41, 5.74) is 1.36. The summed E-state index contributed by atoms with van der Waals surface area (Å²) in [5.74, 6) is 2.08. The number of fused-ring (bicyclic) bond motifs is 2. The largest absolute Gasteiger partial charge is 0.457 e. The standard InChI is InChI=1S/C51H44F4N12O4/c52-34-6-2-9-37(26-34)66(50(69)61-36-8-3-11-39(27-36)70-41-13-15-43-45(29-41)62-47(31-58-43)64-21-17-56-18-22-64)67(49(68)60-35-7-1-5-33(25-35)51(53,54)55)38-10-4-12-40(28-38)71-42-14-16-44-46(30-42)63-48(32-59-44)65-23-19-57-20-24-65/h1-16,25-32,56-57H,17-24H2,(H,60,68)(H,61,69). The highest BCUT2D eigenvalue weighted by Gasteiger charge is 2.33. The number of rotatable bonds is 10. The highest BCUT2D eigenvalue weighted by atomic mass is 19.4. The molecule has 20 heteroatoms. The molecule has 0 bridgehead atoms. The second kappa shape index (κ2) is 20.2. The average Bonchev–Trinajstić information content (AvgIpc) is 3.38. The number of hydrazine groups is 1. The Labute approximate surface area is 403 Å². The molecule has 0 spiro atoms. The third-order valence-corrected chi connectivity index (χ3v) is 11.6. The molecule has 4 N–H and O–H groups in total. The Morgan fingerprint density at radius 2 is 1.00 bits per heavy atom. The maximum absolute atomic E-state index is 15.2. The van der Waals surface area contributed by atoms with E-state index in [1.54, 1.807) is 85.2 Å². The van der Waals surface area contributed by atoms with E-state index in [0.717, 1.165) is 104 Å². The third-order valence-electron chi connectivity index (χ3n) is 11.6. The summed E-state index contributed by atoms with van der Waals surface area (Å²) in [4.78, 5) is 52.6. The van der Waals surface area contributed by atoms with Gasteiger partial charge in [0.05, 0.1) is 51.4 Å². The first kappa shape index (κ1) is 46.1. The van der Waals surface area contributed by atoms with Crippen molar-refractivity contribution in [1.82, 2.24) is 30.6 Å². The molecule has 2 aromatic heterocycles. The number of ether oxygens (including phenoxy) is 2. The van der Waals surface area contributed by atoms with Gasteiger partial charge in [-0.05, 0) is 84.9 Å². The van der Waals surface area contributed by atoms with Crippen LogP contribution < -0.4 is 50.6 Å². The number of aromatic nitrogens is 4. The fourth-order valence-electron chi connectivity index (χ4n) is 8.15. The zero-order valence-corrected chi connectivity index (χ0v) is 37.7. The normalized spacial score (nSPS) is 14.0. The molecular weight excluding hydrogens is 921 g/mol. The van der Waals surface area contributed by atoms with Crippen molar-refractivity contribution >= 4 is 68.5 Å². The molecule has 2 saturated heterocycles. The number of nitrogens with one attached hydrogen (secondary N) is 4. The lowest BCUT2D eigenvalue weighted by Gasteiger charge is -2.35. The number of halogens is 4. The second-order valence-corrected chi connectivity index (χ2v) is 16.5. The van der Waals surface area contributed by atoms with Gasteiger partial charge in [-0.1, -0.05) is 24.3 Å². The Bertz CT molecular complexity index is 3240. The molecule has 0 saturated carbocycles. The van der Waals surface area contributed by atoms with Gasteiger partial charge in [0.15, 0.2) is 0 Å². The van der Waals surface area contributed by atoms with Gasteiger partial charge in [-0.2, -0.15) is 23.2 Å². The van der Waals surface area contributed by atoms with Gasteiger partial charge in [0.1, 0.15) is 40.5 Å². The SMILES string of the molecule is O=C(Nc1cccc(Oc2ccc3ncc(N4CCNCC4)nc3c2)c1)N(c1cccc(F)c1)N(C(=O)Nc1cccc(C(F)(F)F)c1)c1cccc(Oc2ccc3ncc(N4CCNCC4)nc3c2)c1. The van der Waals surface area contributed by atoms with Gasteiger partial charge in [0.25, 0.3) is 0 Å². The smallest absolute Gasteiger partial charge is 0.416 e. The molecule has 0 radical (unpaired) electrons. The van der Waals surface area contributed by atoms with Crippen molar-refractivity contribution in [3.63, 3.8) is 0 Å². The third kappa shape index (κ3) is 10.8. The Morgan fingerprint density at radius 1 is 0.535 bits per heavy atom. The number of hydrogen-bond acceptors (Lipinski definition) is 12. The van der Waals surface area contributed by atoms with Crippen LogP contribution in [-0.4, -0.2) is 84.4 Å². The number of carbonyl (C=O) groups is 2. The number of amides is 4. The maximum Gasteiger partial charge on any atom is 0.416 e. The van der Waals surface area contributed by atoms with Gasteiger partial charge in [0, 0.05) is 88.0 Å². The van der Waals surface area contributed by atoms with Gasteiger partial charge < -0.3 is 40.5 Å². The molecule has 4 amide bonds. The van der Waals surface area contributed by atoms with E-state index in [1.165, 1.54) is 30.3 Å². The fraction of sp³-hybridized carbons (Fsp3) is 0.176. The van der Waals surface area contributed by atoms with Gasteiger partial charge >= 0.3 is 18.2 Å². The summed E-state index contributed by atoms with van der Waals surface area (Å²) >= 11 is 0. The predicted octanol–water partition coefficient (Wildman–Crippen LogP) is 9.83. The minimum absolute atomic E-state index is 0.00422. The molecule has 71 heavy (non-hydrogen) atoms. The van der Waals surface area contributed by atoms with Crippen molar-refractivity contribution in [3.05, 3.63) is 157 Å². The van der Waals surface area contributed by atoms with Crippen LogP contribution in [0.1, 0.15) is 5.56 Å². The fourth-order valence-corrected chi connectivity index (χ4v) is 8.15. The van der Waals surface area contributed by atoms with E-state index in [-0.39, 0.29) is 28.5 Å². The first-order valence-electron chi connectivity index (χ1n) is 22.6. The van der Waals surface area contributed by atoms with Crippen LogP contribution in [0.25, 0.3) is 22.1 Å². The molecular formula is C51H44F4N12O4. The van der Waals surface area contributed by atoms with Crippen molar-refractivity contribution in [2.45, 2.75) is 6.18 Å². The quantitative estimate of drug-likeness (QED) is 0.0759. The van der Waals surface area contributed by atoms with Crippen LogP contribution in [0.4, 0.5) is 61.5 Å². The first-order valence-corrected chi connectivity index (χ1v) is 22.6. The van der Waals surface area contributed by atoms with E-state index in [0.29, 0.717) is 39.3 Å². The van der Waals surface area contributed by atoms with Crippen LogP contribution >= 0.6 is 0 Å². The Kier molecular flexibility index (Phi) is 13.1. The molecule has 4 heterocycles. The molecule has 2 aliphatic rings. The molecule has 0 aliphatic carbocycles. The van der Waals surface area contributed by atoms with Gasteiger partial charge in [-0.25, -0.2) is 23.9 Å². The van der Waals surface area contributed by atoms with Crippen molar-refractivity contribution in [2.75, 3.05) is 82.8 Å². The second-order valence-electron chi connectivity index (χ2n) is 16.5. The van der Waals surface area contributed by atoms with Crippen LogP contribution in [0.15, 0.2) is 146 Å². The molecule has 10 rings (SSSR count). The first-order chi connectivity index (χ1) is 34.5. The summed E-state index contributed by atoms with van der Waals surface area (Å²) < 4.78 is 69.3. The van der Waals surface area contributed by atoms with Crippen molar-refractivity contribution in [3.8, 4) is 23.0 Å². The molecule has 0 atom stereocenters. The van der Waals surface area contributed by atoms with E-state index in [9.17, 15) is 22.8 Å². The zero-order valence-electron chi connectivity index (χ0n) is 37.7. The lowest BCUT2D eigenvalue weighted by Crippen LogP contribution is -2.54. The van der Waals surface area contributed by atoms with Crippen LogP contribution in [0.2, 0.25) is 0 Å². The minimum Gasteiger partial charge on any atom is -0.457 e. The van der Waals surface area contributed by atoms with Crippen LogP contribution in [0, 0.1) is 5.82 Å². The van der Waals surface area contributed by atoms with Crippen LogP contribution in [-0.2, 0) is 6.18 Å². The summed E-state index contributed by atoms with van der Waals surface area (Å²) in [6, 6.07) is 30.0. The molecule has 2 fully saturated rings. The summed E-state index contributed by atoms with van der Waals surface area (Å²) in [5, 5.41) is 13.7. The molecule has 0 unspecified atom stereocenters. The molecule has 6 aromatic carbocycles. The van der Waals surface area contributed by atoms with E-state index in [1.807, 2.05) is 0 Å². The van der Waals surface area contributed by atoms with Gasteiger partial charge in [-0.3, -0.25) is 9.97 Å². The number of carbonyl (C=O) groups excluding carboxylic acids is 2. The maximum atomic E-state index is 15.2. The Balaban J connectivity index is 0.968. The number of nitrogens with zero attached hydrogens (tertiary/aromatic N) is 8. The van der Waals surface area contributed by atoms with E-state index in [4.69, 9.17) is 19.4 Å². The number of hydrogen-bond donors (Lipinski definition) is 4. The lowest BCUT2D eigenvalue weighted by atomic mass is 10.2. The average molecular weight is 965 g/mol. The van der Waals surface area contributed by atoms with Crippen LogP contribution in [0.5, 0.6) is 23.0 Å². The van der Waals surface area contributed by atoms with Crippen molar-refractivity contribution in [1.29, 1.82) is 0 Å². The number of urea groups is 2. The predicted molar refractivity (Wildman–Crippen MR) is 263 cm³/mol. The van der Waals surface area contributed by atoms with E-state index >= 15 is 4.39 Å². The van der Waals surface area contributed by atoms with Crippen LogP contribution in [0.3, 0.4) is 0 Å².